The summed E-state index contributed by atoms with van der Waals surface area (Å²) in [6.45, 7) is 2.16. The number of amides is 2. The number of hydrogen-bond donors (Lipinski definition) is 1. The van der Waals surface area contributed by atoms with E-state index in [9.17, 15) is 14.4 Å². The van der Waals surface area contributed by atoms with Crippen LogP contribution in [0, 0.1) is 11.3 Å². The number of alkyl halides is 2. The molecule has 0 aromatic carbocycles. The molecule has 1 heterocycles. The van der Waals surface area contributed by atoms with Gasteiger partial charge in [-0.15, -0.1) is 23.2 Å². The van der Waals surface area contributed by atoms with E-state index in [0.29, 0.717) is 32.4 Å². The molecular weight excluding hydrogens is 319 g/mol. The predicted molar refractivity (Wildman–Crippen MR) is 76.6 cm³/mol. The van der Waals surface area contributed by atoms with Crippen LogP contribution < -0.4 is 5.73 Å². The second kappa shape index (κ2) is 5.65. The van der Waals surface area contributed by atoms with Gasteiger partial charge in [0, 0.05) is 25.4 Å². The second-order valence-electron chi connectivity index (χ2n) is 5.85. The fourth-order valence-electron chi connectivity index (χ4n) is 2.41. The Labute approximate surface area is 132 Å². The number of carbonyl (C=O) groups excluding carboxylic acids is 3. The minimum atomic E-state index is -1.10. The van der Waals surface area contributed by atoms with Crippen LogP contribution in [-0.2, 0) is 19.1 Å². The van der Waals surface area contributed by atoms with Gasteiger partial charge in [-0.3, -0.25) is 14.4 Å². The first kappa shape index (κ1) is 16.4. The monoisotopic (exact) mass is 336 g/mol. The number of carbonyl (C=O) groups is 3. The van der Waals surface area contributed by atoms with Crippen LogP contribution in [0.5, 0.6) is 0 Å². The predicted octanol–water partition coefficient (Wildman–Crippen LogP) is 0.837. The Hall–Kier alpha value is -1.01. The summed E-state index contributed by atoms with van der Waals surface area (Å²) in [4.78, 5) is 36.4. The number of rotatable bonds is 4. The highest BCUT2D eigenvalue weighted by Crippen LogP contribution is 2.64. The largest absolute Gasteiger partial charge is 0.455 e. The molecule has 1 aliphatic carbocycles. The number of hydrogen-bond acceptors (Lipinski definition) is 4. The van der Waals surface area contributed by atoms with Crippen molar-refractivity contribution in [2.24, 2.45) is 17.1 Å². The molecule has 1 saturated heterocycles. The Bertz CT molecular complexity index is 475. The number of esters is 1. The number of piperidine rings is 1. The van der Waals surface area contributed by atoms with E-state index in [1.165, 1.54) is 0 Å². The lowest BCUT2D eigenvalue weighted by Crippen LogP contribution is -2.43. The summed E-state index contributed by atoms with van der Waals surface area (Å²) in [5, 5.41) is 0. The second-order valence-corrected chi connectivity index (χ2v) is 7.33. The van der Waals surface area contributed by atoms with Crippen molar-refractivity contribution in [1.29, 1.82) is 0 Å². The van der Waals surface area contributed by atoms with Crippen LogP contribution in [0.1, 0.15) is 26.2 Å². The minimum absolute atomic E-state index is 0.185. The molecule has 1 atom stereocenters. The molecule has 0 bridgehead atoms. The van der Waals surface area contributed by atoms with Crippen molar-refractivity contribution in [3.63, 3.8) is 0 Å². The molecule has 0 radical (unpaired) electrons. The lowest BCUT2D eigenvalue weighted by molar-refractivity contribution is -0.156. The van der Waals surface area contributed by atoms with E-state index in [1.54, 1.807) is 11.8 Å². The Balaban J connectivity index is 1.76. The number of halogens is 2. The average Bonchev–Trinajstić information content (AvgIpc) is 2.96. The highest BCUT2D eigenvalue weighted by atomic mass is 35.5. The zero-order chi connectivity index (χ0) is 15.8. The van der Waals surface area contributed by atoms with Crippen LogP contribution in [-0.4, -0.2) is 46.7 Å². The molecule has 118 valence electrons. The maximum Gasteiger partial charge on any atom is 0.315 e. The molecule has 6 nitrogen and oxygen atoms in total. The highest BCUT2D eigenvalue weighted by molar-refractivity contribution is 6.53. The molecule has 2 rings (SSSR count). The van der Waals surface area contributed by atoms with Gasteiger partial charge < -0.3 is 15.4 Å². The van der Waals surface area contributed by atoms with Crippen molar-refractivity contribution < 1.29 is 19.1 Å². The van der Waals surface area contributed by atoms with Gasteiger partial charge in [0.15, 0.2) is 6.61 Å². The van der Waals surface area contributed by atoms with Crippen molar-refractivity contribution in [3.05, 3.63) is 0 Å². The smallest absolute Gasteiger partial charge is 0.315 e. The molecule has 0 unspecified atom stereocenters. The minimum Gasteiger partial charge on any atom is -0.455 e. The number of nitrogens with two attached hydrogens (primary N) is 1. The van der Waals surface area contributed by atoms with Gasteiger partial charge in [0.05, 0.1) is 0 Å². The molecule has 2 aliphatic rings. The maximum absolute atomic E-state index is 12.0. The van der Waals surface area contributed by atoms with Gasteiger partial charge in [0.25, 0.3) is 5.91 Å². The van der Waals surface area contributed by atoms with Gasteiger partial charge in [-0.25, -0.2) is 0 Å². The maximum atomic E-state index is 12.0. The molecular formula is C13H18Cl2N2O4. The van der Waals surface area contributed by atoms with E-state index in [4.69, 9.17) is 33.7 Å². The number of nitrogens with zero attached hydrogens (tertiary/aromatic N) is 1. The van der Waals surface area contributed by atoms with Crippen LogP contribution in [0.3, 0.4) is 0 Å². The molecule has 0 aromatic rings. The summed E-state index contributed by atoms with van der Waals surface area (Å²) >= 11 is 11.8. The van der Waals surface area contributed by atoms with E-state index in [-0.39, 0.29) is 24.3 Å². The van der Waals surface area contributed by atoms with Gasteiger partial charge >= 0.3 is 5.97 Å². The summed E-state index contributed by atoms with van der Waals surface area (Å²) in [5.41, 5.74) is 4.30. The fraction of sp³-hybridized carbons (Fsp3) is 0.769. The van der Waals surface area contributed by atoms with Crippen LogP contribution >= 0.6 is 23.2 Å². The third-order valence-electron chi connectivity index (χ3n) is 4.29. The zero-order valence-electron chi connectivity index (χ0n) is 11.7. The number of primary amides is 1. The topological polar surface area (TPSA) is 89.7 Å². The first-order valence-corrected chi connectivity index (χ1v) is 7.55. The van der Waals surface area contributed by atoms with Gasteiger partial charge in [-0.1, -0.05) is 0 Å². The van der Waals surface area contributed by atoms with E-state index in [0.717, 1.165) is 0 Å². The summed E-state index contributed by atoms with van der Waals surface area (Å²) in [6.07, 6.45) is 1.40. The van der Waals surface area contributed by atoms with Crippen molar-refractivity contribution in [2.45, 2.75) is 30.5 Å². The number of likely N-dealkylation sites (tertiary alicyclic amines) is 1. The van der Waals surface area contributed by atoms with Crippen molar-refractivity contribution in [2.75, 3.05) is 19.7 Å². The lowest BCUT2D eigenvalue weighted by Gasteiger charge is -2.30. The Morgan fingerprint density at radius 1 is 1.29 bits per heavy atom. The molecule has 0 spiro atoms. The third-order valence-corrected chi connectivity index (χ3v) is 5.39. The van der Waals surface area contributed by atoms with Crippen LogP contribution in [0.2, 0.25) is 0 Å². The highest BCUT2D eigenvalue weighted by Gasteiger charge is 2.69. The molecule has 0 aromatic heterocycles. The molecule has 8 heteroatoms. The number of ether oxygens (including phenoxy) is 1. The summed E-state index contributed by atoms with van der Waals surface area (Å²) in [7, 11) is 0. The quantitative estimate of drug-likeness (QED) is 0.608. The van der Waals surface area contributed by atoms with E-state index in [1.807, 2.05) is 0 Å². The standard InChI is InChI=1S/C13H18Cl2N2O4/c1-12(7-13(12,14)15)11(20)21-6-9(18)17-4-2-8(3-5-17)10(16)19/h8H,2-7H2,1H3,(H2,16,19)/t12-/m1/s1. The van der Waals surface area contributed by atoms with Gasteiger partial charge in [0.1, 0.15) is 9.75 Å². The summed E-state index contributed by atoms with van der Waals surface area (Å²) < 4.78 is 3.90. The third kappa shape index (κ3) is 3.26. The van der Waals surface area contributed by atoms with Crippen LogP contribution in [0.25, 0.3) is 0 Å². The normalized spacial score (nSPS) is 28.0. The van der Waals surface area contributed by atoms with Crippen molar-refractivity contribution in [3.8, 4) is 0 Å². The van der Waals surface area contributed by atoms with Crippen LogP contribution in [0.4, 0.5) is 0 Å². The Kier molecular flexibility index (Phi) is 4.40. The van der Waals surface area contributed by atoms with Crippen LogP contribution in [0.15, 0.2) is 0 Å². The van der Waals surface area contributed by atoms with Crippen molar-refractivity contribution in [1.82, 2.24) is 4.90 Å². The van der Waals surface area contributed by atoms with E-state index < -0.39 is 15.7 Å². The van der Waals surface area contributed by atoms with Crippen molar-refractivity contribution >= 4 is 41.0 Å². The Morgan fingerprint density at radius 3 is 2.24 bits per heavy atom. The summed E-state index contributed by atoms with van der Waals surface area (Å²) in [5.74, 6) is -1.37. The van der Waals surface area contributed by atoms with E-state index >= 15 is 0 Å². The first-order chi connectivity index (χ1) is 9.67. The molecule has 2 fully saturated rings. The zero-order valence-corrected chi connectivity index (χ0v) is 13.2. The average molecular weight is 337 g/mol. The molecule has 1 saturated carbocycles. The molecule has 2 amide bonds. The van der Waals surface area contributed by atoms with Gasteiger partial charge in [0.2, 0.25) is 5.91 Å². The molecule has 1 aliphatic heterocycles. The lowest BCUT2D eigenvalue weighted by atomic mass is 9.96. The summed E-state index contributed by atoms with van der Waals surface area (Å²) in [6, 6.07) is 0. The fourth-order valence-corrected chi connectivity index (χ4v) is 3.10. The van der Waals surface area contributed by atoms with Gasteiger partial charge in [-0.2, -0.15) is 0 Å². The Morgan fingerprint density at radius 2 is 1.81 bits per heavy atom. The van der Waals surface area contributed by atoms with E-state index in [2.05, 4.69) is 0 Å². The molecule has 2 N–H and O–H groups in total. The van der Waals surface area contributed by atoms with Gasteiger partial charge in [-0.05, 0) is 19.8 Å². The molecule has 21 heavy (non-hydrogen) atoms. The first-order valence-electron chi connectivity index (χ1n) is 6.79. The SMILES string of the molecule is C[C@]1(C(=O)OCC(=O)N2CCC(C(N)=O)CC2)CC1(Cl)Cl.